The zero-order valence-electron chi connectivity index (χ0n) is 20.1. The number of aromatic nitrogens is 3. The van der Waals surface area contributed by atoms with Crippen LogP contribution in [0.4, 0.5) is 11.6 Å². The Bertz CT molecular complexity index is 1190. The van der Waals surface area contributed by atoms with Gasteiger partial charge in [-0.05, 0) is 56.5 Å². The molecule has 8 heteroatoms. The molecule has 178 valence electrons. The SMILES string of the molecule is CCCCSc1nc2n(n1)C(c1ccc(OCC)cc1)C(C(=O)Nc1ccccc1C)=C(C)N2. The zero-order valence-corrected chi connectivity index (χ0v) is 20.9. The van der Waals surface area contributed by atoms with Crippen molar-refractivity contribution in [1.82, 2.24) is 14.8 Å². The van der Waals surface area contributed by atoms with Gasteiger partial charge in [0.25, 0.3) is 5.91 Å². The van der Waals surface area contributed by atoms with Crippen molar-refractivity contribution in [2.24, 2.45) is 0 Å². The number of hydrogen-bond donors (Lipinski definition) is 2. The van der Waals surface area contributed by atoms with Crippen molar-refractivity contribution in [2.45, 2.75) is 51.7 Å². The smallest absolute Gasteiger partial charge is 0.255 e. The van der Waals surface area contributed by atoms with E-state index in [0.29, 0.717) is 23.3 Å². The molecule has 2 aromatic carbocycles. The molecule has 0 saturated carbocycles. The highest BCUT2D eigenvalue weighted by Gasteiger charge is 2.34. The lowest BCUT2D eigenvalue weighted by atomic mass is 9.95. The highest BCUT2D eigenvalue weighted by atomic mass is 32.2. The van der Waals surface area contributed by atoms with Gasteiger partial charge in [-0.15, -0.1) is 5.10 Å². The molecule has 34 heavy (non-hydrogen) atoms. The minimum atomic E-state index is -0.413. The minimum absolute atomic E-state index is 0.167. The van der Waals surface area contributed by atoms with Crippen molar-refractivity contribution in [1.29, 1.82) is 0 Å². The summed E-state index contributed by atoms with van der Waals surface area (Å²) >= 11 is 1.64. The van der Waals surface area contributed by atoms with Gasteiger partial charge in [0.05, 0.1) is 12.2 Å². The van der Waals surface area contributed by atoms with Crippen LogP contribution >= 0.6 is 11.8 Å². The number of benzene rings is 2. The summed E-state index contributed by atoms with van der Waals surface area (Å²) in [5.74, 6) is 2.23. The number of carbonyl (C=O) groups excluding carboxylic acids is 1. The van der Waals surface area contributed by atoms with Gasteiger partial charge in [0.1, 0.15) is 11.8 Å². The van der Waals surface area contributed by atoms with Gasteiger partial charge in [0.2, 0.25) is 11.1 Å². The Kier molecular flexibility index (Phi) is 7.57. The van der Waals surface area contributed by atoms with E-state index in [0.717, 1.165) is 46.9 Å². The summed E-state index contributed by atoms with van der Waals surface area (Å²) in [7, 11) is 0. The maximum absolute atomic E-state index is 13.6. The maximum atomic E-state index is 13.6. The Morgan fingerprint density at radius 1 is 1.15 bits per heavy atom. The van der Waals surface area contributed by atoms with Crippen LogP contribution < -0.4 is 15.4 Å². The number of carbonyl (C=O) groups is 1. The topological polar surface area (TPSA) is 81.1 Å². The van der Waals surface area contributed by atoms with E-state index >= 15 is 0 Å². The van der Waals surface area contributed by atoms with Gasteiger partial charge in [0.15, 0.2) is 0 Å². The van der Waals surface area contributed by atoms with Gasteiger partial charge < -0.3 is 15.4 Å². The second kappa shape index (κ2) is 10.8. The molecule has 0 aliphatic carbocycles. The molecule has 4 rings (SSSR count). The van der Waals surface area contributed by atoms with Crippen molar-refractivity contribution in [3.05, 3.63) is 70.9 Å². The van der Waals surface area contributed by atoms with Crippen molar-refractivity contribution in [3.8, 4) is 5.75 Å². The van der Waals surface area contributed by atoms with E-state index in [2.05, 4.69) is 17.6 Å². The number of amides is 1. The first-order valence-electron chi connectivity index (χ1n) is 11.7. The number of thioether (sulfide) groups is 1. The second-order valence-corrected chi connectivity index (χ2v) is 9.26. The fourth-order valence-electron chi connectivity index (χ4n) is 3.92. The highest BCUT2D eigenvalue weighted by molar-refractivity contribution is 7.99. The quantitative estimate of drug-likeness (QED) is 0.299. The number of fused-ring (bicyclic) bond motifs is 1. The minimum Gasteiger partial charge on any atom is -0.494 e. The fourth-order valence-corrected chi connectivity index (χ4v) is 4.83. The van der Waals surface area contributed by atoms with Crippen LogP contribution in [-0.4, -0.2) is 33.0 Å². The molecule has 2 N–H and O–H groups in total. The molecule has 1 atom stereocenters. The summed E-state index contributed by atoms with van der Waals surface area (Å²) in [6.07, 6.45) is 2.23. The predicted molar refractivity (Wildman–Crippen MR) is 138 cm³/mol. The Hall–Kier alpha value is -3.26. The van der Waals surface area contributed by atoms with E-state index in [1.165, 1.54) is 0 Å². The molecule has 2 heterocycles. The average Bonchev–Trinajstić information content (AvgIpc) is 3.23. The van der Waals surface area contributed by atoms with Crippen LogP contribution in [0, 0.1) is 6.92 Å². The first kappa shape index (κ1) is 23.9. The van der Waals surface area contributed by atoms with Crippen molar-refractivity contribution in [2.75, 3.05) is 23.0 Å². The summed E-state index contributed by atoms with van der Waals surface area (Å²) in [4.78, 5) is 18.3. The van der Waals surface area contributed by atoms with Gasteiger partial charge in [-0.1, -0.05) is 55.4 Å². The maximum Gasteiger partial charge on any atom is 0.255 e. The van der Waals surface area contributed by atoms with Crippen LogP contribution in [0.1, 0.15) is 50.8 Å². The third-order valence-corrected chi connectivity index (χ3v) is 6.63. The monoisotopic (exact) mass is 477 g/mol. The summed E-state index contributed by atoms with van der Waals surface area (Å²) in [6.45, 7) is 8.62. The zero-order chi connectivity index (χ0) is 24.1. The first-order chi connectivity index (χ1) is 16.5. The normalized spacial score (nSPS) is 15.0. The number of nitrogens with one attached hydrogen (secondary N) is 2. The van der Waals surface area contributed by atoms with Crippen LogP contribution in [-0.2, 0) is 4.79 Å². The molecule has 1 aromatic heterocycles. The Morgan fingerprint density at radius 2 is 1.91 bits per heavy atom. The van der Waals surface area contributed by atoms with Gasteiger partial charge in [-0.2, -0.15) is 4.98 Å². The van der Waals surface area contributed by atoms with Crippen molar-refractivity contribution in [3.63, 3.8) is 0 Å². The lowest BCUT2D eigenvalue weighted by molar-refractivity contribution is -0.113. The fraction of sp³-hybridized carbons (Fsp3) is 0.346. The molecular formula is C26H31N5O2S. The molecule has 0 saturated heterocycles. The molecule has 1 aliphatic heterocycles. The summed E-state index contributed by atoms with van der Waals surface area (Å²) < 4.78 is 7.45. The number of aryl methyl sites for hydroxylation is 1. The van der Waals surface area contributed by atoms with Gasteiger partial charge in [-0.3, -0.25) is 4.79 Å². The largest absolute Gasteiger partial charge is 0.494 e. The van der Waals surface area contributed by atoms with Crippen LogP contribution in [0.5, 0.6) is 5.75 Å². The number of rotatable bonds is 9. The Morgan fingerprint density at radius 3 is 2.62 bits per heavy atom. The predicted octanol–water partition coefficient (Wildman–Crippen LogP) is 5.81. The van der Waals surface area contributed by atoms with E-state index < -0.39 is 6.04 Å². The second-order valence-electron chi connectivity index (χ2n) is 8.20. The number of ether oxygens (including phenoxy) is 1. The van der Waals surface area contributed by atoms with Gasteiger partial charge >= 0.3 is 0 Å². The molecular weight excluding hydrogens is 446 g/mol. The third kappa shape index (κ3) is 5.12. The van der Waals surface area contributed by atoms with Crippen LogP contribution in [0.2, 0.25) is 0 Å². The van der Waals surface area contributed by atoms with Crippen LogP contribution in [0.3, 0.4) is 0 Å². The Labute approximate surface area is 205 Å². The average molecular weight is 478 g/mol. The first-order valence-corrected chi connectivity index (χ1v) is 12.7. The highest BCUT2D eigenvalue weighted by Crippen LogP contribution is 2.37. The van der Waals surface area contributed by atoms with Crippen LogP contribution in [0.15, 0.2) is 65.0 Å². The molecule has 1 aliphatic rings. The molecule has 0 radical (unpaired) electrons. The molecule has 0 fully saturated rings. The molecule has 0 bridgehead atoms. The molecule has 1 amide bonds. The Balaban J connectivity index is 1.72. The summed E-state index contributed by atoms with van der Waals surface area (Å²) in [5, 5.41) is 11.9. The molecule has 1 unspecified atom stereocenters. The van der Waals surface area contributed by atoms with E-state index in [4.69, 9.17) is 14.8 Å². The van der Waals surface area contributed by atoms with Crippen molar-refractivity contribution >= 4 is 29.3 Å². The van der Waals surface area contributed by atoms with E-state index in [1.807, 2.05) is 74.0 Å². The van der Waals surface area contributed by atoms with Crippen molar-refractivity contribution < 1.29 is 9.53 Å². The molecule has 0 spiro atoms. The molecule has 7 nitrogen and oxygen atoms in total. The summed E-state index contributed by atoms with van der Waals surface area (Å²) in [6, 6.07) is 15.2. The lowest BCUT2D eigenvalue weighted by Gasteiger charge is -2.29. The number of anilines is 2. The number of allylic oxidation sites excluding steroid dienone is 1. The third-order valence-electron chi connectivity index (χ3n) is 5.71. The number of nitrogens with zero attached hydrogens (tertiary/aromatic N) is 3. The van der Waals surface area contributed by atoms with E-state index in [1.54, 1.807) is 11.8 Å². The standard InChI is InChI=1S/C26H31N5O2S/c1-5-7-16-34-26-29-25-27-18(4)22(24(32)28-21-11-9-8-10-17(21)3)23(31(25)30-26)19-12-14-20(15-13-19)33-6-2/h8-15,23H,5-7,16H2,1-4H3,(H,28,32)(H,27,29,30). The van der Waals surface area contributed by atoms with E-state index in [9.17, 15) is 4.79 Å². The number of para-hydroxylation sites is 1. The number of unbranched alkanes of at least 4 members (excludes halogenated alkanes) is 1. The summed E-state index contributed by atoms with van der Waals surface area (Å²) in [5.41, 5.74) is 4.10. The van der Waals surface area contributed by atoms with Crippen LogP contribution in [0.25, 0.3) is 0 Å². The number of hydrogen-bond acceptors (Lipinski definition) is 6. The van der Waals surface area contributed by atoms with Gasteiger partial charge in [0, 0.05) is 17.1 Å². The molecule has 3 aromatic rings. The van der Waals surface area contributed by atoms with E-state index in [-0.39, 0.29) is 5.91 Å². The van der Waals surface area contributed by atoms with Gasteiger partial charge in [-0.25, -0.2) is 4.68 Å². The lowest BCUT2D eigenvalue weighted by Crippen LogP contribution is -2.31.